The van der Waals surface area contributed by atoms with Gasteiger partial charge in [-0.15, -0.1) is 0 Å². The van der Waals surface area contributed by atoms with Crippen LogP contribution in [0, 0.1) is 0 Å². The van der Waals surface area contributed by atoms with Crippen LogP contribution in [0.1, 0.15) is 16.1 Å². The number of para-hydroxylation sites is 2. The molecule has 0 aliphatic rings. The Labute approximate surface area is 186 Å². The number of methoxy groups -OCH3 is 1. The second kappa shape index (κ2) is 8.02. The lowest BCUT2D eigenvalue weighted by molar-refractivity contribution is 0.0960. The first-order valence-corrected chi connectivity index (χ1v) is 10.7. The van der Waals surface area contributed by atoms with Crippen LogP contribution in [0.4, 0.5) is 5.13 Å². The van der Waals surface area contributed by atoms with E-state index < -0.39 is 0 Å². The van der Waals surface area contributed by atoms with E-state index in [2.05, 4.69) is 9.97 Å². The summed E-state index contributed by atoms with van der Waals surface area (Å²) in [6.07, 6.45) is 3.42. The zero-order chi connectivity index (χ0) is 21.4. The minimum Gasteiger partial charge on any atom is -0.493 e. The standard InChI is InChI=1S/C23H16ClN3O3S/c1-29-17-8-2-6-15-11-18(30-21(15)17)22(28)27(13-14-5-4-10-25-12-14)23-26-20-16(24)7-3-9-19(20)31-23/h2-12H,13H2,1H3. The van der Waals surface area contributed by atoms with Gasteiger partial charge >= 0.3 is 0 Å². The smallest absolute Gasteiger partial charge is 0.296 e. The predicted octanol–water partition coefficient (Wildman–Crippen LogP) is 5.95. The number of fused-ring (bicyclic) bond motifs is 2. The number of hydrogen-bond acceptors (Lipinski definition) is 6. The normalized spacial score (nSPS) is 11.2. The predicted molar refractivity (Wildman–Crippen MR) is 122 cm³/mol. The molecular weight excluding hydrogens is 434 g/mol. The fourth-order valence-electron chi connectivity index (χ4n) is 3.35. The van der Waals surface area contributed by atoms with E-state index in [0.717, 1.165) is 15.6 Å². The summed E-state index contributed by atoms with van der Waals surface area (Å²) in [4.78, 5) is 24.0. The van der Waals surface area contributed by atoms with Crippen LogP contribution in [-0.4, -0.2) is 23.0 Å². The molecule has 2 aromatic carbocycles. The number of ether oxygens (including phenoxy) is 1. The maximum atomic E-state index is 13.6. The first-order valence-electron chi connectivity index (χ1n) is 9.46. The first kappa shape index (κ1) is 19.5. The first-order chi connectivity index (χ1) is 15.1. The summed E-state index contributed by atoms with van der Waals surface area (Å²) < 4.78 is 12.2. The quantitative estimate of drug-likeness (QED) is 0.332. The number of carbonyl (C=O) groups excluding carboxylic acids is 1. The molecule has 0 radical (unpaired) electrons. The van der Waals surface area contributed by atoms with Crippen molar-refractivity contribution in [2.45, 2.75) is 6.54 Å². The average molecular weight is 450 g/mol. The van der Waals surface area contributed by atoms with Gasteiger partial charge < -0.3 is 9.15 Å². The molecule has 0 unspecified atom stereocenters. The van der Waals surface area contributed by atoms with Gasteiger partial charge in [-0.1, -0.05) is 47.2 Å². The maximum absolute atomic E-state index is 13.6. The van der Waals surface area contributed by atoms with E-state index in [4.69, 9.17) is 20.8 Å². The molecule has 5 aromatic rings. The number of nitrogens with zero attached hydrogens (tertiary/aromatic N) is 3. The van der Waals surface area contributed by atoms with Gasteiger partial charge in [0.1, 0.15) is 5.52 Å². The molecule has 8 heteroatoms. The zero-order valence-corrected chi connectivity index (χ0v) is 18.0. The second-order valence-electron chi connectivity index (χ2n) is 6.82. The summed E-state index contributed by atoms with van der Waals surface area (Å²) in [5.41, 5.74) is 2.07. The van der Waals surface area contributed by atoms with Crippen molar-refractivity contribution >= 4 is 55.2 Å². The fourth-order valence-corrected chi connectivity index (χ4v) is 4.62. The van der Waals surface area contributed by atoms with Gasteiger partial charge in [-0.3, -0.25) is 14.7 Å². The number of amides is 1. The molecule has 0 bridgehead atoms. The lowest BCUT2D eigenvalue weighted by Gasteiger charge is -2.18. The average Bonchev–Trinajstić information content (AvgIpc) is 3.43. The zero-order valence-electron chi connectivity index (χ0n) is 16.4. The molecule has 31 heavy (non-hydrogen) atoms. The number of pyridine rings is 1. The molecule has 0 spiro atoms. The Balaban J connectivity index is 1.61. The van der Waals surface area contributed by atoms with Crippen molar-refractivity contribution in [2.24, 2.45) is 0 Å². The van der Waals surface area contributed by atoms with Gasteiger partial charge in [0, 0.05) is 17.8 Å². The summed E-state index contributed by atoms with van der Waals surface area (Å²) in [7, 11) is 1.57. The third-order valence-corrected chi connectivity index (χ3v) is 6.19. The number of carbonyl (C=O) groups is 1. The van der Waals surface area contributed by atoms with Gasteiger partial charge in [0.2, 0.25) is 0 Å². The van der Waals surface area contributed by atoms with Crippen LogP contribution in [-0.2, 0) is 6.54 Å². The molecular formula is C23H16ClN3O3S. The van der Waals surface area contributed by atoms with Crippen LogP contribution in [0.5, 0.6) is 5.75 Å². The number of thiazole rings is 1. The Kier molecular flexibility index (Phi) is 5.05. The molecule has 0 aliphatic carbocycles. The summed E-state index contributed by atoms with van der Waals surface area (Å²) in [6, 6.07) is 16.6. The topological polar surface area (TPSA) is 68.5 Å². The Morgan fingerprint density at radius 1 is 1.19 bits per heavy atom. The van der Waals surface area contributed by atoms with Crippen LogP contribution >= 0.6 is 22.9 Å². The molecule has 0 saturated carbocycles. The van der Waals surface area contributed by atoms with E-state index in [9.17, 15) is 4.79 Å². The second-order valence-corrected chi connectivity index (χ2v) is 8.24. The molecule has 0 atom stereocenters. The van der Waals surface area contributed by atoms with Crippen LogP contribution in [0.25, 0.3) is 21.2 Å². The number of rotatable bonds is 5. The highest BCUT2D eigenvalue weighted by molar-refractivity contribution is 7.22. The van der Waals surface area contributed by atoms with Gasteiger partial charge in [-0.2, -0.15) is 0 Å². The van der Waals surface area contributed by atoms with Crippen molar-refractivity contribution in [2.75, 3.05) is 12.0 Å². The van der Waals surface area contributed by atoms with Gasteiger partial charge in [-0.05, 0) is 35.9 Å². The molecule has 0 N–H and O–H groups in total. The number of anilines is 1. The molecule has 6 nitrogen and oxygen atoms in total. The van der Waals surface area contributed by atoms with Gasteiger partial charge in [0.25, 0.3) is 5.91 Å². The van der Waals surface area contributed by atoms with Gasteiger partial charge in [-0.25, -0.2) is 4.98 Å². The van der Waals surface area contributed by atoms with E-state index in [1.807, 2.05) is 36.4 Å². The molecule has 0 fully saturated rings. The van der Waals surface area contributed by atoms with Crippen molar-refractivity contribution in [3.8, 4) is 5.75 Å². The number of aromatic nitrogens is 2. The summed E-state index contributed by atoms with van der Waals surface area (Å²) in [5, 5.41) is 1.86. The van der Waals surface area contributed by atoms with E-state index in [1.165, 1.54) is 11.3 Å². The number of halogens is 1. The highest BCUT2D eigenvalue weighted by Crippen LogP contribution is 2.35. The molecule has 5 rings (SSSR count). The van der Waals surface area contributed by atoms with Crippen LogP contribution in [0.2, 0.25) is 5.02 Å². The van der Waals surface area contributed by atoms with Crippen molar-refractivity contribution < 1.29 is 13.9 Å². The number of hydrogen-bond donors (Lipinski definition) is 0. The molecule has 154 valence electrons. The number of furan rings is 1. The Bertz CT molecular complexity index is 1400. The van der Waals surface area contributed by atoms with E-state index in [1.54, 1.807) is 42.6 Å². The summed E-state index contributed by atoms with van der Waals surface area (Å²) in [5.74, 6) is 0.466. The maximum Gasteiger partial charge on any atom is 0.296 e. The monoisotopic (exact) mass is 449 g/mol. The molecule has 3 heterocycles. The minimum absolute atomic E-state index is 0.203. The molecule has 0 saturated heterocycles. The fraction of sp³-hybridized carbons (Fsp3) is 0.0870. The van der Waals surface area contributed by atoms with E-state index in [0.29, 0.717) is 27.0 Å². The molecule has 1 amide bonds. The number of benzene rings is 2. The lowest BCUT2D eigenvalue weighted by atomic mass is 10.2. The highest BCUT2D eigenvalue weighted by atomic mass is 35.5. The third-order valence-electron chi connectivity index (χ3n) is 4.84. The van der Waals surface area contributed by atoms with Crippen molar-refractivity contribution in [1.29, 1.82) is 0 Å². The lowest BCUT2D eigenvalue weighted by Crippen LogP contribution is -2.30. The van der Waals surface area contributed by atoms with Crippen molar-refractivity contribution in [1.82, 2.24) is 9.97 Å². The van der Waals surface area contributed by atoms with Gasteiger partial charge in [0.05, 0.1) is 23.4 Å². The van der Waals surface area contributed by atoms with Crippen molar-refractivity contribution in [3.63, 3.8) is 0 Å². The third kappa shape index (κ3) is 3.62. The van der Waals surface area contributed by atoms with Crippen LogP contribution in [0.3, 0.4) is 0 Å². The summed E-state index contributed by atoms with van der Waals surface area (Å²) in [6.45, 7) is 0.290. The van der Waals surface area contributed by atoms with Gasteiger partial charge in [0.15, 0.2) is 22.2 Å². The van der Waals surface area contributed by atoms with E-state index in [-0.39, 0.29) is 18.2 Å². The largest absolute Gasteiger partial charge is 0.493 e. The molecule has 0 aliphatic heterocycles. The van der Waals surface area contributed by atoms with Crippen LogP contribution < -0.4 is 9.64 Å². The Morgan fingerprint density at radius 2 is 2.06 bits per heavy atom. The molecule has 3 aromatic heterocycles. The van der Waals surface area contributed by atoms with Crippen LogP contribution in [0.15, 0.2) is 71.4 Å². The Hall–Kier alpha value is -3.42. The minimum atomic E-state index is -0.308. The van der Waals surface area contributed by atoms with Crippen molar-refractivity contribution in [3.05, 3.63) is 83.3 Å². The Morgan fingerprint density at radius 3 is 2.84 bits per heavy atom. The SMILES string of the molecule is COc1cccc2cc(C(=O)N(Cc3cccnc3)c3nc4c(Cl)cccc4s3)oc12. The van der Waals surface area contributed by atoms with E-state index >= 15 is 0 Å². The summed E-state index contributed by atoms with van der Waals surface area (Å²) >= 11 is 7.72. The highest BCUT2D eigenvalue weighted by Gasteiger charge is 2.26.